The van der Waals surface area contributed by atoms with E-state index in [0.717, 1.165) is 23.1 Å². The summed E-state index contributed by atoms with van der Waals surface area (Å²) in [6.07, 6.45) is 11.3. The first-order valence-corrected chi connectivity index (χ1v) is 7.87. The van der Waals surface area contributed by atoms with Crippen LogP contribution in [0.1, 0.15) is 19.8 Å². The molecule has 0 radical (unpaired) electrons. The van der Waals surface area contributed by atoms with Gasteiger partial charge >= 0.3 is 0 Å². The SMILES string of the molecule is C#CC=C[C@@H](Cl)[C@H]1[C@@H]2C(=C(Br)CC)O[C@@H]3C[C@H]1O[C@H]23. The van der Waals surface area contributed by atoms with E-state index in [1.165, 1.54) is 0 Å². The minimum Gasteiger partial charge on any atom is -0.491 e. The summed E-state index contributed by atoms with van der Waals surface area (Å²) in [5, 5.41) is -0.106. The molecule has 0 aromatic rings. The van der Waals surface area contributed by atoms with Crippen molar-refractivity contribution in [2.45, 2.75) is 43.5 Å². The lowest BCUT2D eigenvalue weighted by atomic mass is 9.77. The summed E-state index contributed by atoms with van der Waals surface area (Å²) >= 11 is 10.1. The molecule has 3 heterocycles. The highest BCUT2D eigenvalue weighted by Crippen LogP contribution is 2.56. The van der Waals surface area contributed by atoms with Crippen LogP contribution in [0.5, 0.6) is 0 Å². The maximum atomic E-state index is 6.51. The Bertz CT molecular complexity index is 477. The standard InChI is InChI=1S/C15H16BrClO2/c1-3-5-6-9(17)12-10-7-11-15(18-10)13(12)14(19-11)8(16)4-2/h1,5-6,9-13,15H,4,7H2,2H3/t9-,10-,11-,12-,13-,15+/m1/s1. The van der Waals surface area contributed by atoms with Crippen LogP contribution in [0.3, 0.4) is 0 Å². The molecule has 0 aliphatic carbocycles. The van der Waals surface area contributed by atoms with Gasteiger partial charge in [0.25, 0.3) is 0 Å². The molecule has 0 aromatic heterocycles. The normalized spacial score (nSPS) is 43.4. The van der Waals surface area contributed by atoms with E-state index >= 15 is 0 Å². The number of allylic oxidation sites excluding steroid dienone is 3. The van der Waals surface area contributed by atoms with E-state index in [4.69, 9.17) is 27.5 Å². The van der Waals surface area contributed by atoms with Gasteiger partial charge in [0, 0.05) is 16.8 Å². The maximum Gasteiger partial charge on any atom is 0.128 e. The fourth-order valence-electron chi connectivity index (χ4n) is 3.50. The maximum absolute atomic E-state index is 6.51. The van der Waals surface area contributed by atoms with E-state index in [1.807, 2.05) is 6.08 Å². The highest BCUT2D eigenvalue weighted by atomic mass is 79.9. The van der Waals surface area contributed by atoms with Crippen molar-refractivity contribution in [3.8, 4) is 12.3 Å². The second-order valence-electron chi connectivity index (χ2n) is 5.23. The monoisotopic (exact) mass is 342 g/mol. The van der Waals surface area contributed by atoms with E-state index in [1.54, 1.807) is 6.08 Å². The highest BCUT2D eigenvalue weighted by Gasteiger charge is 2.63. The number of hydrogen-bond donors (Lipinski definition) is 0. The summed E-state index contributed by atoms with van der Waals surface area (Å²) in [5.74, 6) is 4.06. The molecule has 3 rings (SSSR count). The molecule has 3 saturated heterocycles. The van der Waals surface area contributed by atoms with Crippen LogP contribution < -0.4 is 0 Å². The molecule has 19 heavy (non-hydrogen) atoms. The van der Waals surface area contributed by atoms with Crippen LogP contribution in [0.15, 0.2) is 22.4 Å². The van der Waals surface area contributed by atoms with E-state index < -0.39 is 0 Å². The number of hydrogen-bond acceptors (Lipinski definition) is 2. The Morgan fingerprint density at radius 2 is 2.42 bits per heavy atom. The minimum atomic E-state index is -0.106. The van der Waals surface area contributed by atoms with E-state index in [9.17, 15) is 0 Å². The molecule has 3 fully saturated rings. The quantitative estimate of drug-likeness (QED) is 0.576. The Morgan fingerprint density at radius 3 is 3.11 bits per heavy atom. The first-order chi connectivity index (χ1) is 9.17. The number of terminal acetylenes is 1. The topological polar surface area (TPSA) is 18.5 Å². The molecule has 0 N–H and O–H groups in total. The van der Waals surface area contributed by atoms with Crippen LogP contribution >= 0.6 is 27.5 Å². The Hall–Kier alpha value is -0.430. The zero-order chi connectivity index (χ0) is 13.6. The summed E-state index contributed by atoms with van der Waals surface area (Å²) in [4.78, 5) is 0. The lowest BCUT2D eigenvalue weighted by molar-refractivity contribution is 0.0690. The molecular weight excluding hydrogens is 328 g/mol. The Labute approximate surface area is 127 Å². The third-order valence-corrected chi connectivity index (χ3v) is 5.65. The van der Waals surface area contributed by atoms with Gasteiger partial charge < -0.3 is 9.47 Å². The van der Waals surface area contributed by atoms with Gasteiger partial charge in [0.05, 0.1) is 17.4 Å². The van der Waals surface area contributed by atoms with Gasteiger partial charge in [0.1, 0.15) is 18.0 Å². The van der Waals surface area contributed by atoms with Gasteiger partial charge in [0.2, 0.25) is 0 Å². The molecule has 0 aromatic carbocycles. The van der Waals surface area contributed by atoms with Gasteiger partial charge in [-0.05, 0) is 12.5 Å². The molecule has 6 atom stereocenters. The molecule has 2 nitrogen and oxygen atoms in total. The first kappa shape index (κ1) is 13.5. The number of ether oxygens (including phenoxy) is 2. The lowest BCUT2D eigenvalue weighted by Gasteiger charge is -2.25. The Morgan fingerprint density at radius 1 is 1.63 bits per heavy atom. The van der Waals surface area contributed by atoms with Crippen LogP contribution in [0.4, 0.5) is 0 Å². The molecule has 102 valence electrons. The van der Waals surface area contributed by atoms with Gasteiger partial charge in [-0.1, -0.05) is 34.9 Å². The molecule has 0 amide bonds. The number of alkyl halides is 1. The second kappa shape index (κ2) is 5.16. The van der Waals surface area contributed by atoms with Gasteiger partial charge in [-0.15, -0.1) is 18.0 Å². The van der Waals surface area contributed by atoms with Crippen LogP contribution in [-0.2, 0) is 9.47 Å². The van der Waals surface area contributed by atoms with Gasteiger partial charge in [0.15, 0.2) is 0 Å². The number of fused-ring (bicyclic) bond motifs is 1. The molecular formula is C15H16BrClO2. The van der Waals surface area contributed by atoms with E-state index in [2.05, 4.69) is 28.8 Å². The summed E-state index contributed by atoms with van der Waals surface area (Å²) in [5.41, 5.74) is 0. The van der Waals surface area contributed by atoms with Crippen LogP contribution in [0.25, 0.3) is 0 Å². The molecule has 0 saturated carbocycles. The zero-order valence-corrected chi connectivity index (χ0v) is 13.0. The van der Waals surface area contributed by atoms with E-state index in [0.29, 0.717) is 0 Å². The van der Waals surface area contributed by atoms with Crippen molar-refractivity contribution in [1.29, 1.82) is 0 Å². The smallest absolute Gasteiger partial charge is 0.128 e. The third kappa shape index (κ3) is 2.05. The van der Waals surface area contributed by atoms with Crippen molar-refractivity contribution in [2.24, 2.45) is 11.8 Å². The van der Waals surface area contributed by atoms with Crippen molar-refractivity contribution in [3.05, 3.63) is 22.4 Å². The van der Waals surface area contributed by atoms with Gasteiger partial charge in [-0.3, -0.25) is 0 Å². The average Bonchev–Trinajstić information content (AvgIpc) is 3.02. The van der Waals surface area contributed by atoms with Crippen molar-refractivity contribution in [1.82, 2.24) is 0 Å². The summed E-state index contributed by atoms with van der Waals surface area (Å²) < 4.78 is 13.2. The van der Waals surface area contributed by atoms with E-state index in [-0.39, 0.29) is 35.5 Å². The summed E-state index contributed by atoms with van der Waals surface area (Å²) in [6.45, 7) is 2.11. The Kier molecular flexibility index (Phi) is 3.68. The highest BCUT2D eigenvalue weighted by molar-refractivity contribution is 9.11. The lowest BCUT2D eigenvalue weighted by Crippen LogP contribution is -2.34. The number of rotatable bonds is 3. The predicted octanol–water partition coefficient (Wildman–Crippen LogP) is 3.60. The molecule has 0 spiro atoms. The largest absolute Gasteiger partial charge is 0.491 e. The molecule has 3 aliphatic heterocycles. The zero-order valence-electron chi connectivity index (χ0n) is 10.7. The van der Waals surface area contributed by atoms with Crippen molar-refractivity contribution >= 4 is 27.5 Å². The fourth-order valence-corrected chi connectivity index (χ4v) is 4.25. The minimum absolute atomic E-state index is 0.106. The van der Waals surface area contributed by atoms with Crippen LogP contribution in [0, 0.1) is 24.2 Å². The Balaban J connectivity index is 1.91. The summed E-state index contributed by atoms with van der Waals surface area (Å²) in [6, 6.07) is 0. The number of halogens is 2. The van der Waals surface area contributed by atoms with Gasteiger partial charge in [-0.2, -0.15) is 0 Å². The third-order valence-electron chi connectivity index (χ3n) is 4.26. The van der Waals surface area contributed by atoms with Crippen LogP contribution in [-0.4, -0.2) is 23.7 Å². The fraction of sp³-hybridized carbons (Fsp3) is 0.600. The van der Waals surface area contributed by atoms with Crippen molar-refractivity contribution in [2.75, 3.05) is 0 Å². The summed E-state index contributed by atoms with van der Waals surface area (Å²) in [7, 11) is 0. The molecule has 4 heteroatoms. The first-order valence-electron chi connectivity index (χ1n) is 6.64. The molecule has 0 unspecified atom stereocenters. The second-order valence-corrected chi connectivity index (χ2v) is 6.69. The molecule has 3 aliphatic rings. The van der Waals surface area contributed by atoms with Crippen molar-refractivity contribution < 1.29 is 9.47 Å². The average molecular weight is 344 g/mol. The predicted molar refractivity (Wildman–Crippen MR) is 79.0 cm³/mol. The molecule has 2 bridgehead atoms. The van der Waals surface area contributed by atoms with Gasteiger partial charge in [-0.25, -0.2) is 0 Å². The van der Waals surface area contributed by atoms with Crippen molar-refractivity contribution in [3.63, 3.8) is 0 Å². The van der Waals surface area contributed by atoms with Crippen LogP contribution in [0.2, 0.25) is 0 Å².